The van der Waals surface area contributed by atoms with Crippen molar-refractivity contribution in [3.63, 3.8) is 0 Å². The summed E-state index contributed by atoms with van der Waals surface area (Å²) >= 11 is 0. The molecule has 4 aromatic carbocycles. The Morgan fingerprint density at radius 3 is 1.32 bits per heavy atom. The number of aryl methyl sites for hydroxylation is 1. The van der Waals surface area contributed by atoms with E-state index in [1.165, 1.54) is 195 Å². The van der Waals surface area contributed by atoms with E-state index in [1.807, 2.05) is 24.4 Å². The Morgan fingerprint density at radius 1 is 0.403 bits per heavy atom. The molecule has 0 amide bonds. The Bertz CT molecular complexity index is 1760. The molecule has 4 rings (SSSR count). The van der Waals surface area contributed by atoms with Crippen LogP contribution in [0.4, 0.5) is 5.69 Å². The van der Waals surface area contributed by atoms with Crippen molar-refractivity contribution in [3.8, 4) is 17.2 Å². The first-order valence-corrected chi connectivity index (χ1v) is 26.2. The third kappa shape index (κ3) is 19.5. The molecule has 0 aromatic heterocycles. The van der Waals surface area contributed by atoms with Gasteiger partial charge >= 0.3 is 0 Å². The lowest BCUT2D eigenvalue weighted by Crippen LogP contribution is -2.07. The molecule has 0 aliphatic carbocycles. The van der Waals surface area contributed by atoms with Gasteiger partial charge in [0, 0.05) is 17.2 Å². The van der Waals surface area contributed by atoms with Crippen molar-refractivity contribution in [3.05, 3.63) is 71.8 Å². The molecule has 0 saturated heterocycles. The number of aliphatic imine (C=N–C) groups is 1. The van der Waals surface area contributed by atoms with Crippen LogP contribution in [0.3, 0.4) is 0 Å². The number of nitrogens with zero attached hydrogens (tertiary/aromatic N) is 1. The first-order chi connectivity index (χ1) is 30.7. The largest absolute Gasteiger partial charge is 0.490 e. The first kappa shape index (κ1) is 51.1. The van der Waals surface area contributed by atoms with Crippen molar-refractivity contribution >= 4 is 33.4 Å². The van der Waals surface area contributed by atoms with Crippen molar-refractivity contribution in [1.29, 1.82) is 0 Å². The second kappa shape index (κ2) is 33.0. The molecule has 0 radical (unpaired) electrons. The van der Waals surface area contributed by atoms with Gasteiger partial charge in [0.05, 0.1) is 25.5 Å². The second-order valence-electron chi connectivity index (χ2n) is 18.3. The summed E-state index contributed by atoms with van der Waals surface area (Å²) in [6.45, 7) is 11.2. The summed E-state index contributed by atoms with van der Waals surface area (Å²) in [5, 5.41) is 4.66. The number of ether oxygens (including phenoxy) is 3. The molecule has 0 bridgehead atoms. The topological polar surface area (TPSA) is 40.0 Å². The van der Waals surface area contributed by atoms with Gasteiger partial charge in [-0.15, -0.1) is 0 Å². The Balaban J connectivity index is 1.55. The highest BCUT2D eigenvalue weighted by atomic mass is 16.5. The quantitative estimate of drug-likeness (QED) is 0.0256. The molecule has 0 fully saturated rings. The maximum atomic E-state index is 7.01. The van der Waals surface area contributed by atoms with Crippen LogP contribution in [0, 0.1) is 6.92 Å². The van der Waals surface area contributed by atoms with Gasteiger partial charge in [0.1, 0.15) is 0 Å². The lowest BCUT2D eigenvalue weighted by Gasteiger charge is -2.22. The summed E-state index contributed by atoms with van der Waals surface area (Å²) < 4.78 is 20.7. The van der Waals surface area contributed by atoms with Crippen LogP contribution in [0.1, 0.15) is 225 Å². The van der Waals surface area contributed by atoms with Gasteiger partial charge in [-0.2, -0.15) is 0 Å². The molecule has 344 valence electrons. The molecule has 0 atom stereocenters. The van der Waals surface area contributed by atoms with Crippen molar-refractivity contribution in [2.45, 2.75) is 220 Å². The predicted molar refractivity (Wildman–Crippen MR) is 272 cm³/mol. The van der Waals surface area contributed by atoms with Crippen LogP contribution in [-0.2, 0) is 0 Å². The molecule has 0 saturated carbocycles. The highest BCUT2D eigenvalue weighted by molar-refractivity contribution is 6.17. The summed E-state index contributed by atoms with van der Waals surface area (Å²) in [5.41, 5.74) is 3.27. The van der Waals surface area contributed by atoms with Crippen LogP contribution >= 0.6 is 0 Å². The zero-order valence-electron chi connectivity index (χ0n) is 40.4. The van der Waals surface area contributed by atoms with E-state index in [2.05, 4.69) is 70.2 Å². The molecule has 4 heteroatoms. The Labute approximate surface area is 380 Å². The molecule has 0 aliphatic rings. The fourth-order valence-electron chi connectivity index (χ4n) is 8.90. The summed E-state index contributed by atoms with van der Waals surface area (Å²) in [6, 6.07) is 21.4. The zero-order chi connectivity index (χ0) is 43.7. The molecule has 0 unspecified atom stereocenters. The van der Waals surface area contributed by atoms with Gasteiger partial charge in [-0.1, -0.05) is 237 Å². The minimum atomic E-state index is 0.671. The van der Waals surface area contributed by atoms with Gasteiger partial charge in [0.15, 0.2) is 11.5 Å². The fourth-order valence-corrected chi connectivity index (χ4v) is 8.90. The van der Waals surface area contributed by atoms with Crippen LogP contribution in [0.2, 0.25) is 0 Å². The number of unbranched alkanes of at least 4 members (excludes halogenated alkanes) is 27. The number of hydrogen-bond acceptors (Lipinski definition) is 4. The average Bonchev–Trinajstić information content (AvgIpc) is 3.29. The summed E-state index contributed by atoms with van der Waals surface area (Å²) in [4.78, 5) is 4.87. The highest BCUT2D eigenvalue weighted by Gasteiger charge is 2.22. The lowest BCUT2D eigenvalue weighted by atomic mass is 9.94. The summed E-state index contributed by atoms with van der Waals surface area (Å²) in [6.07, 6.45) is 41.1. The van der Waals surface area contributed by atoms with E-state index in [0.717, 1.165) is 53.1 Å². The van der Waals surface area contributed by atoms with Gasteiger partial charge < -0.3 is 14.2 Å². The smallest absolute Gasteiger partial charge is 0.204 e. The van der Waals surface area contributed by atoms with Crippen LogP contribution in [0.15, 0.2) is 65.7 Å². The molecule has 4 aromatic rings. The van der Waals surface area contributed by atoms with Crippen molar-refractivity contribution in [2.75, 3.05) is 19.8 Å². The van der Waals surface area contributed by atoms with Gasteiger partial charge in [-0.25, -0.2) is 0 Å². The van der Waals surface area contributed by atoms with Gasteiger partial charge in [0.2, 0.25) is 5.75 Å². The van der Waals surface area contributed by atoms with E-state index >= 15 is 0 Å². The van der Waals surface area contributed by atoms with E-state index in [9.17, 15) is 0 Å². The van der Waals surface area contributed by atoms with Gasteiger partial charge in [-0.05, 0) is 66.1 Å². The van der Waals surface area contributed by atoms with Crippen molar-refractivity contribution in [1.82, 2.24) is 0 Å². The fraction of sp³-hybridized carbons (Fsp3) is 0.638. The Morgan fingerprint density at radius 2 is 0.839 bits per heavy atom. The van der Waals surface area contributed by atoms with Crippen molar-refractivity contribution in [2.24, 2.45) is 4.99 Å². The van der Waals surface area contributed by atoms with Crippen LogP contribution in [-0.4, -0.2) is 26.0 Å². The van der Waals surface area contributed by atoms with Crippen molar-refractivity contribution < 1.29 is 14.2 Å². The Hall–Kier alpha value is -3.53. The molecule has 0 N–H and O–H groups in total. The van der Waals surface area contributed by atoms with E-state index in [-0.39, 0.29) is 0 Å². The van der Waals surface area contributed by atoms with Crippen LogP contribution < -0.4 is 14.2 Å². The summed E-state index contributed by atoms with van der Waals surface area (Å²) in [5.74, 6) is 2.49. The van der Waals surface area contributed by atoms with Crippen LogP contribution in [0.25, 0.3) is 21.5 Å². The molecule has 0 spiro atoms. The third-order valence-electron chi connectivity index (χ3n) is 12.7. The van der Waals surface area contributed by atoms with Gasteiger partial charge in [0.25, 0.3) is 0 Å². The summed E-state index contributed by atoms with van der Waals surface area (Å²) in [7, 11) is 0. The Kier molecular flexibility index (Phi) is 27.2. The zero-order valence-corrected chi connectivity index (χ0v) is 40.4. The third-order valence-corrected chi connectivity index (χ3v) is 12.7. The average molecular weight is 848 g/mol. The predicted octanol–water partition coefficient (Wildman–Crippen LogP) is 19.0. The number of benzene rings is 4. The normalized spacial score (nSPS) is 11.7. The van der Waals surface area contributed by atoms with Crippen LogP contribution in [0.5, 0.6) is 17.2 Å². The minimum absolute atomic E-state index is 0.671. The number of hydrogen-bond donors (Lipinski definition) is 0. The lowest BCUT2D eigenvalue weighted by molar-refractivity contribution is 0.236. The molecular formula is C58H89NO3. The molecule has 4 nitrogen and oxygen atoms in total. The molecular weight excluding hydrogens is 759 g/mol. The van der Waals surface area contributed by atoms with E-state index in [4.69, 9.17) is 19.2 Å². The number of rotatable bonds is 38. The molecule has 62 heavy (non-hydrogen) atoms. The van der Waals surface area contributed by atoms with E-state index < -0.39 is 0 Å². The van der Waals surface area contributed by atoms with E-state index in [1.54, 1.807) is 0 Å². The number of fused-ring (bicyclic) bond motifs is 3. The monoisotopic (exact) mass is 848 g/mol. The minimum Gasteiger partial charge on any atom is -0.490 e. The molecule has 0 heterocycles. The SMILES string of the molecule is CCCCCCCCCCCCOc1cc2c(C)cc3c(C=Nc4ccccc4)cccc3c2c(OCCCCCCCCCCCC)c1OCCCCCCCCCCCC. The maximum Gasteiger partial charge on any atom is 0.204 e. The van der Waals surface area contributed by atoms with E-state index in [0.29, 0.717) is 19.8 Å². The second-order valence-corrected chi connectivity index (χ2v) is 18.3. The first-order valence-electron chi connectivity index (χ1n) is 26.2. The molecule has 0 aliphatic heterocycles. The number of para-hydroxylation sites is 1. The highest BCUT2D eigenvalue weighted by Crippen LogP contribution is 2.48. The maximum absolute atomic E-state index is 7.01. The standard InChI is InChI=1S/C58H89NO3/c1-5-8-11-14-17-20-23-26-29-35-43-60-55-47-53-49(4)46-54-50(48-59-51-40-33-32-34-41-51)39-38-42-52(54)56(53)58(62-45-37-31-28-25-22-19-16-13-10-7-3)57(55)61-44-36-30-27-24-21-18-15-12-9-6-2/h32-34,38-42,46-48H,5-31,35-37,43-45H2,1-4H3. The van der Waals surface area contributed by atoms with Gasteiger partial charge in [-0.3, -0.25) is 4.99 Å².